The number of anilines is 2. The topological polar surface area (TPSA) is 76.2 Å². The minimum absolute atomic E-state index is 0.0264. The first-order valence-electron chi connectivity index (χ1n) is 8.43. The number of imidazole rings is 1. The van der Waals surface area contributed by atoms with Gasteiger partial charge >= 0.3 is 5.82 Å². The molecule has 1 aromatic carbocycles. The van der Waals surface area contributed by atoms with Crippen LogP contribution in [0.25, 0.3) is 5.65 Å². The van der Waals surface area contributed by atoms with Crippen LogP contribution in [-0.2, 0) is 0 Å². The molecule has 1 saturated heterocycles. The Balaban J connectivity index is 1.55. The first-order valence-corrected chi connectivity index (χ1v) is 8.43. The third-order valence-electron chi connectivity index (χ3n) is 4.68. The molecular weight excluding hydrogens is 334 g/mol. The van der Waals surface area contributed by atoms with E-state index in [0.717, 1.165) is 24.5 Å². The highest BCUT2D eigenvalue weighted by Gasteiger charge is 2.29. The molecule has 0 unspecified atom stereocenters. The van der Waals surface area contributed by atoms with Crippen LogP contribution in [0.1, 0.15) is 0 Å². The minimum Gasteiger partial charge on any atom is -0.497 e. The lowest BCUT2D eigenvalue weighted by Crippen LogP contribution is -2.46. The molecule has 0 amide bonds. The fraction of sp³-hybridized carbons (Fsp3) is 0.278. The van der Waals surface area contributed by atoms with E-state index in [0.29, 0.717) is 24.6 Å². The predicted octanol–water partition coefficient (Wildman–Crippen LogP) is 2.58. The highest BCUT2D eigenvalue weighted by atomic mass is 16.6. The number of nitrogens with zero attached hydrogens (tertiary/aromatic N) is 5. The molecule has 4 rings (SSSR count). The van der Waals surface area contributed by atoms with Gasteiger partial charge in [-0.15, -0.1) is 0 Å². The van der Waals surface area contributed by atoms with Gasteiger partial charge in [0.1, 0.15) is 5.75 Å². The van der Waals surface area contributed by atoms with Crippen LogP contribution in [0.4, 0.5) is 17.3 Å². The molecule has 3 aromatic rings. The van der Waals surface area contributed by atoms with Crippen LogP contribution in [-0.4, -0.2) is 47.6 Å². The number of rotatable bonds is 4. The number of methoxy groups -OCH3 is 1. The molecule has 8 heteroatoms. The SMILES string of the molecule is COc1ccc(N2CCN(c3nc4ccccn4c3[N+](=O)[O-])CC2)cc1. The summed E-state index contributed by atoms with van der Waals surface area (Å²) in [5, 5.41) is 11.6. The van der Waals surface area contributed by atoms with Crippen molar-refractivity contribution in [3.8, 4) is 5.75 Å². The first kappa shape index (κ1) is 16.2. The molecule has 0 atom stereocenters. The Hall–Kier alpha value is -3.29. The summed E-state index contributed by atoms with van der Waals surface area (Å²) in [6, 6.07) is 13.3. The summed E-state index contributed by atoms with van der Waals surface area (Å²) < 4.78 is 6.73. The molecule has 0 bridgehead atoms. The molecule has 0 saturated carbocycles. The molecule has 8 nitrogen and oxygen atoms in total. The zero-order valence-electron chi connectivity index (χ0n) is 14.4. The third kappa shape index (κ3) is 2.79. The van der Waals surface area contributed by atoms with E-state index in [9.17, 15) is 10.1 Å². The molecule has 1 aliphatic heterocycles. The van der Waals surface area contributed by atoms with E-state index in [2.05, 4.69) is 9.88 Å². The van der Waals surface area contributed by atoms with Crippen molar-refractivity contribution >= 4 is 23.0 Å². The summed E-state index contributed by atoms with van der Waals surface area (Å²) in [7, 11) is 1.65. The van der Waals surface area contributed by atoms with E-state index in [1.165, 1.54) is 4.40 Å². The Bertz CT molecular complexity index is 930. The number of ether oxygens (including phenoxy) is 1. The number of benzene rings is 1. The van der Waals surface area contributed by atoms with E-state index in [1.54, 1.807) is 25.4 Å². The second-order valence-electron chi connectivity index (χ2n) is 6.12. The standard InChI is InChI=1S/C18H19N5O3/c1-26-15-7-5-14(6-8-15)20-10-12-21(13-11-20)17-18(23(24)25)22-9-3-2-4-16(22)19-17/h2-9H,10-13H2,1H3. The average molecular weight is 353 g/mol. The number of nitro groups is 1. The number of fused-ring (bicyclic) bond motifs is 1. The molecular formula is C18H19N5O3. The maximum atomic E-state index is 11.6. The van der Waals surface area contributed by atoms with Gasteiger partial charge in [0.2, 0.25) is 11.5 Å². The van der Waals surface area contributed by atoms with Crippen molar-refractivity contribution in [1.82, 2.24) is 9.38 Å². The molecule has 2 aromatic heterocycles. The summed E-state index contributed by atoms with van der Waals surface area (Å²) in [6.45, 7) is 2.90. The summed E-state index contributed by atoms with van der Waals surface area (Å²) in [5.74, 6) is 1.29. The van der Waals surface area contributed by atoms with E-state index in [-0.39, 0.29) is 10.7 Å². The van der Waals surface area contributed by atoms with Gasteiger partial charge in [-0.25, -0.2) is 0 Å². The number of hydrogen-bond acceptors (Lipinski definition) is 6. The number of piperazine rings is 1. The van der Waals surface area contributed by atoms with Crippen LogP contribution in [0.3, 0.4) is 0 Å². The van der Waals surface area contributed by atoms with Crippen LogP contribution < -0.4 is 14.5 Å². The predicted molar refractivity (Wildman–Crippen MR) is 99.3 cm³/mol. The zero-order chi connectivity index (χ0) is 18.1. The van der Waals surface area contributed by atoms with Crippen molar-refractivity contribution in [1.29, 1.82) is 0 Å². The molecule has 1 fully saturated rings. The molecule has 0 N–H and O–H groups in total. The van der Waals surface area contributed by atoms with Gasteiger partial charge in [0.25, 0.3) is 0 Å². The van der Waals surface area contributed by atoms with Gasteiger partial charge in [-0.1, -0.05) is 6.07 Å². The van der Waals surface area contributed by atoms with Gasteiger partial charge in [-0.2, -0.15) is 9.38 Å². The fourth-order valence-corrected chi connectivity index (χ4v) is 3.32. The maximum Gasteiger partial charge on any atom is 0.372 e. The van der Waals surface area contributed by atoms with E-state index >= 15 is 0 Å². The first-order chi connectivity index (χ1) is 12.7. The summed E-state index contributed by atoms with van der Waals surface area (Å²) in [6.07, 6.45) is 1.68. The Morgan fingerprint density at radius 1 is 1.04 bits per heavy atom. The smallest absolute Gasteiger partial charge is 0.372 e. The molecule has 0 aliphatic carbocycles. The summed E-state index contributed by atoms with van der Waals surface area (Å²) in [4.78, 5) is 20.0. The van der Waals surface area contributed by atoms with Crippen molar-refractivity contribution in [2.24, 2.45) is 0 Å². The van der Waals surface area contributed by atoms with Crippen molar-refractivity contribution in [2.75, 3.05) is 43.1 Å². The Morgan fingerprint density at radius 2 is 1.73 bits per heavy atom. The molecule has 3 heterocycles. The van der Waals surface area contributed by atoms with Gasteiger partial charge in [-0.3, -0.25) is 0 Å². The van der Waals surface area contributed by atoms with Crippen molar-refractivity contribution in [3.05, 3.63) is 58.8 Å². The van der Waals surface area contributed by atoms with E-state index in [1.807, 2.05) is 35.2 Å². The van der Waals surface area contributed by atoms with Crippen LogP contribution in [0.2, 0.25) is 0 Å². The van der Waals surface area contributed by atoms with Gasteiger partial charge in [-0.05, 0) is 35.3 Å². The minimum atomic E-state index is -0.356. The number of pyridine rings is 1. The highest BCUT2D eigenvalue weighted by Crippen LogP contribution is 2.30. The maximum absolute atomic E-state index is 11.6. The number of aromatic nitrogens is 2. The molecule has 134 valence electrons. The van der Waals surface area contributed by atoms with Gasteiger partial charge in [0.05, 0.1) is 13.3 Å². The lowest BCUT2D eigenvalue weighted by molar-refractivity contribution is -0.389. The third-order valence-corrected chi connectivity index (χ3v) is 4.68. The van der Waals surface area contributed by atoms with Crippen molar-refractivity contribution < 1.29 is 9.66 Å². The summed E-state index contributed by atoms with van der Waals surface area (Å²) in [5.41, 5.74) is 1.71. The molecule has 1 aliphatic rings. The monoisotopic (exact) mass is 353 g/mol. The summed E-state index contributed by atoms with van der Waals surface area (Å²) >= 11 is 0. The van der Waals surface area contributed by atoms with Crippen LogP contribution in [0.15, 0.2) is 48.7 Å². The van der Waals surface area contributed by atoms with Crippen LogP contribution >= 0.6 is 0 Å². The van der Waals surface area contributed by atoms with Crippen molar-refractivity contribution in [2.45, 2.75) is 0 Å². The van der Waals surface area contributed by atoms with Crippen molar-refractivity contribution in [3.63, 3.8) is 0 Å². The Labute approximate surface area is 150 Å². The lowest BCUT2D eigenvalue weighted by Gasteiger charge is -2.35. The van der Waals surface area contributed by atoms with Crippen LogP contribution in [0, 0.1) is 10.1 Å². The van der Waals surface area contributed by atoms with Gasteiger partial charge < -0.3 is 24.7 Å². The Morgan fingerprint density at radius 3 is 2.38 bits per heavy atom. The quantitative estimate of drug-likeness (QED) is 0.530. The second-order valence-corrected chi connectivity index (χ2v) is 6.12. The lowest BCUT2D eigenvalue weighted by atomic mass is 10.2. The van der Waals surface area contributed by atoms with E-state index in [4.69, 9.17) is 4.74 Å². The molecule has 0 radical (unpaired) electrons. The van der Waals surface area contributed by atoms with Gasteiger partial charge in [0.15, 0.2) is 0 Å². The van der Waals surface area contributed by atoms with Gasteiger partial charge in [0, 0.05) is 37.9 Å². The highest BCUT2D eigenvalue weighted by molar-refractivity contribution is 5.64. The number of hydrogen-bond donors (Lipinski definition) is 0. The largest absolute Gasteiger partial charge is 0.497 e. The average Bonchev–Trinajstić information content (AvgIpc) is 3.08. The zero-order valence-corrected chi connectivity index (χ0v) is 14.4. The fourth-order valence-electron chi connectivity index (χ4n) is 3.32. The molecule has 0 spiro atoms. The Kier molecular flexibility index (Phi) is 4.08. The van der Waals surface area contributed by atoms with E-state index < -0.39 is 0 Å². The second kappa shape index (κ2) is 6.55. The normalized spacial score (nSPS) is 14.7. The van der Waals surface area contributed by atoms with Crippen LogP contribution in [0.5, 0.6) is 5.75 Å². The molecule has 26 heavy (non-hydrogen) atoms.